The molecule has 70 heavy (non-hydrogen) atoms. The first-order valence-corrected chi connectivity index (χ1v) is 24.4. The Bertz CT molecular complexity index is 4290. The second-order valence-corrected chi connectivity index (χ2v) is 19.6. The lowest BCUT2D eigenvalue weighted by molar-refractivity contribution is 0.660. The summed E-state index contributed by atoms with van der Waals surface area (Å²) in [4.78, 5) is 2.39. The van der Waals surface area contributed by atoms with E-state index >= 15 is 0 Å². The van der Waals surface area contributed by atoms with E-state index in [0.717, 1.165) is 28.4 Å². The van der Waals surface area contributed by atoms with Crippen molar-refractivity contribution in [3.8, 4) is 55.9 Å². The number of fused-ring (bicyclic) bond motifs is 11. The highest BCUT2D eigenvalue weighted by molar-refractivity contribution is 6.41. The van der Waals surface area contributed by atoms with Crippen LogP contribution in [-0.2, 0) is 5.41 Å². The maximum Gasteiger partial charge on any atom is 0.0648 e. The SMILES string of the molecule is CC1(C)c2ccccc2-c2ccc(N(c3ccccc3)c3ccc(-c4ccc(-n5c6cccc7c6c6c8c(cccc8c8c(c9ccccc9n8-c8ccccc8)c65)-c5ccccc5-7)cc4)cc3)cc21. The molecule has 2 aliphatic carbocycles. The van der Waals surface area contributed by atoms with Crippen LogP contribution in [0.25, 0.3) is 110 Å². The summed E-state index contributed by atoms with van der Waals surface area (Å²) in [5.74, 6) is 0. The van der Waals surface area contributed by atoms with Crippen molar-refractivity contribution in [2.75, 3.05) is 4.90 Å². The molecule has 0 saturated carbocycles. The molecule has 2 aliphatic rings. The molecule has 2 aromatic heterocycles. The summed E-state index contributed by atoms with van der Waals surface area (Å²) in [5.41, 5.74) is 23.3. The molecule has 0 aliphatic heterocycles. The topological polar surface area (TPSA) is 13.1 Å². The Hall–Kier alpha value is -8.92. The number of aromatic nitrogens is 2. The largest absolute Gasteiger partial charge is 0.310 e. The predicted molar refractivity (Wildman–Crippen MR) is 295 cm³/mol. The molecule has 0 spiro atoms. The van der Waals surface area contributed by atoms with E-state index in [-0.39, 0.29) is 5.41 Å². The van der Waals surface area contributed by atoms with Gasteiger partial charge in [-0.25, -0.2) is 0 Å². The zero-order chi connectivity index (χ0) is 46.2. The minimum absolute atomic E-state index is 0.0907. The average molecular weight is 892 g/mol. The fourth-order valence-corrected chi connectivity index (χ4v) is 12.6. The van der Waals surface area contributed by atoms with Crippen LogP contribution in [0.5, 0.6) is 0 Å². The predicted octanol–water partition coefficient (Wildman–Crippen LogP) is 18.1. The Morgan fingerprint density at radius 2 is 0.829 bits per heavy atom. The molecule has 11 aromatic carbocycles. The van der Waals surface area contributed by atoms with Gasteiger partial charge in [0.1, 0.15) is 0 Å². The molecule has 0 radical (unpaired) electrons. The summed E-state index contributed by atoms with van der Waals surface area (Å²) in [5, 5.41) is 7.71. The maximum absolute atomic E-state index is 2.56. The van der Waals surface area contributed by atoms with Crippen LogP contribution in [0.3, 0.4) is 0 Å². The Morgan fingerprint density at radius 1 is 0.314 bits per heavy atom. The van der Waals surface area contributed by atoms with Crippen molar-refractivity contribution < 1.29 is 0 Å². The lowest BCUT2D eigenvalue weighted by Gasteiger charge is -2.28. The van der Waals surface area contributed by atoms with Crippen molar-refractivity contribution in [1.29, 1.82) is 0 Å². The molecule has 13 aromatic rings. The second-order valence-electron chi connectivity index (χ2n) is 19.6. The van der Waals surface area contributed by atoms with Gasteiger partial charge in [-0.15, -0.1) is 0 Å². The monoisotopic (exact) mass is 891 g/mol. The molecule has 0 atom stereocenters. The van der Waals surface area contributed by atoms with E-state index in [1.54, 1.807) is 0 Å². The number of hydrogen-bond acceptors (Lipinski definition) is 1. The smallest absolute Gasteiger partial charge is 0.0648 e. The van der Waals surface area contributed by atoms with Gasteiger partial charge in [-0.2, -0.15) is 0 Å². The van der Waals surface area contributed by atoms with Crippen LogP contribution in [0.1, 0.15) is 25.0 Å². The van der Waals surface area contributed by atoms with E-state index in [4.69, 9.17) is 0 Å². The fraction of sp³-hybridized carbons (Fsp3) is 0.0448. The lowest BCUT2D eigenvalue weighted by atomic mass is 9.82. The van der Waals surface area contributed by atoms with Crippen molar-refractivity contribution >= 4 is 71.4 Å². The lowest BCUT2D eigenvalue weighted by Crippen LogP contribution is -2.16. The summed E-state index contributed by atoms with van der Waals surface area (Å²) in [6.07, 6.45) is 0. The van der Waals surface area contributed by atoms with Gasteiger partial charge in [0.25, 0.3) is 0 Å². The first-order valence-electron chi connectivity index (χ1n) is 24.4. The summed E-state index contributed by atoms with van der Waals surface area (Å²) in [7, 11) is 0. The Morgan fingerprint density at radius 3 is 1.59 bits per heavy atom. The quantitative estimate of drug-likeness (QED) is 0.162. The third kappa shape index (κ3) is 5.35. The molecule has 0 fully saturated rings. The molecule has 0 saturated heterocycles. The number of rotatable bonds is 6. The number of hydrogen-bond donors (Lipinski definition) is 0. The number of anilines is 3. The zero-order valence-electron chi connectivity index (χ0n) is 38.9. The molecule has 0 amide bonds. The fourth-order valence-electron chi connectivity index (χ4n) is 12.6. The van der Waals surface area contributed by atoms with Gasteiger partial charge >= 0.3 is 0 Å². The molecular weight excluding hydrogens is 847 g/mol. The van der Waals surface area contributed by atoms with E-state index in [9.17, 15) is 0 Å². The third-order valence-electron chi connectivity index (χ3n) is 15.6. The molecule has 0 bridgehead atoms. The van der Waals surface area contributed by atoms with Crippen LogP contribution in [0.15, 0.2) is 237 Å². The van der Waals surface area contributed by atoms with Crippen molar-refractivity contribution in [3.05, 3.63) is 248 Å². The number of nitrogens with zero attached hydrogens (tertiary/aromatic N) is 3. The van der Waals surface area contributed by atoms with Gasteiger partial charge in [0, 0.05) is 66.2 Å². The molecule has 3 nitrogen and oxygen atoms in total. The maximum atomic E-state index is 2.56. The molecular formula is C67H45N3. The van der Waals surface area contributed by atoms with Crippen LogP contribution >= 0.6 is 0 Å². The van der Waals surface area contributed by atoms with Crippen molar-refractivity contribution in [2.24, 2.45) is 0 Å². The van der Waals surface area contributed by atoms with E-state index < -0.39 is 0 Å². The van der Waals surface area contributed by atoms with E-state index in [0.29, 0.717) is 0 Å². The number of benzene rings is 11. The van der Waals surface area contributed by atoms with Gasteiger partial charge in [-0.05, 0) is 128 Å². The first kappa shape index (κ1) is 39.1. The van der Waals surface area contributed by atoms with Gasteiger partial charge in [0.2, 0.25) is 0 Å². The minimum atomic E-state index is -0.0907. The Kier molecular flexibility index (Phi) is 8.13. The summed E-state index contributed by atoms with van der Waals surface area (Å²) >= 11 is 0. The molecule has 328 valence electrons. The second kappa shape index (κ2) is 14.5. The van der Waals surface area contributed by atoms with Crippen molar-refractivity contribution in [2.45, 2.75) is 19.3 Å². The van der Waals surface area contributed by atoms with E-state index in [1.165, 1.54) is 110 Å². The highest BCUT2D eigenvalue weighted by Gasteiger charge is 2.36. The summed E-state index contributed by atoms with van der Waals surface area (Å²) < 4.78 is 5.06. The molecule has 0 unspecified atom stereocenters. The van der Waals surface area contributed by atoms with E-state index in [1.807, 2.05) is 0 Å². The third-order valence-corrected chi connectivity index (χ3v) is 15.6. The molecule has 2 heterocycles. The van der Waals surface area contributed by atoms with E-state index in [2.05, 4.69) is 264 Å². The molecule has 0 N–H and O–H groups in total. The average Bonchev–Trinajstić information content (AvgIpc) is 4.00. The van der Waals surface area contributed by atoms with Gasteiger partial charge in [0.05, 0.1) is 22.1 Å². The summed E-state index contributed by atoms with van der Waals surface area (Å²) in [6, 6.07) is 87.7. The normalized spacial score (nSPS) is 13.1. The minimum Gasteiger partial charge on any atom is -0.310 e. The molecule has 15 rings (SSSR count). The highest BCUT2D eigenvalue weighted by atomic mass is 15.1. The van der Waals surface area contributed by atoms with Crippen LogP contribution in [-0.4, -0.2) is 9.13 Å². The zero-order valence-corrected chi connectivity index (χ0v) is 38.9. The number of para-hydroxylation sites is 3. The highest BCUT2D eigenvalue weighted by Crippen LogP contribution is 2.55. The standard InChI is InChI=1S/C67H45N3/c1-67(2)57-28-13-11-23-51(57)52-40-39-48(41-58(52)67)68(44-17-5-3-6-18-44)46-35-31-42(32-36-46)43-33-37-47(38-34-43)70-60-30-16-26-54-50-22-10-9-21-49(50)53-25-15-27-56-61(53)64(62(54)60)66(70)63-55-24-12-14-29-59(55)69(65(56)63)45-19-7-4-8-20-45/h3-41H,1-2H3. The van der Waals surface area contributed by atoms with Gasteiger partial charge in [-0.3, -0.25) is 0 Å². The molecule has 3 heteroatoms. The van der Waals surface area contributed by atoms with Gasteiger partial charge in [-0.1, -0.05) is 178 Å². The van der Waals surface area contributed by atoms with Crippen LogP contribution in [0.2, 0.25) is 0 Å². The summed E-state index contributed by atoms with van der Waals surface area (Å²) in [6.45, 7) is 4.71. The van der Waals surface area contributed by atoms with Crippen LogP contribution < -0.4 is 4.90 Å². The Labute approximate surface area is 406 Å². The van der Waals surface area contributed by atoms with Crippen LogP contribution in [0.4, 0.5) is 17.1 Å². The first-order chi connectivity index (χ1) is 34.5. The Balaban J connectivity index is 0.911. The van der Waals surface area contributed by atoms with Gasteiger partial charge < -0.3 is 14.0 Å². The van der Waals surface area contributed by atoms with Crippen LogP contribution in [0, 0.1) is 0 Å². The van der Waals surface area contributed by atoms with Crippen molar-refractivity contribution in [1.82, 2.24) is 9.13 Å². The van der Waals surface area contributed by atoms with Gasteiger partial charge in [0.15, 0.2) is 0 Å². The van der Waals surface area contributed by atoms with Crippen molar-refractivity contribution in [3.63, 3.8) is 0 Å².